The maximum atomic E-state index is 11.5. The summed E-state index contributed by atoms with van der Waals surface area (Å²) in [6.45, 7) is 2.10. The molecule has 82 valence electrons. The van der Waals surface area contributed by atoms with Gasteiger partial charge in [-0.05, 0) is 38.3 Å². The molecule has 15 heavy (non-hydrogen) atoms. The minimum Gasteiger partial charge on any atom is -0.456 e. The van der Waals surface area contributed by atoms with Crippen molar-refractivity contribution < 1.29 is 14.3 Å². The molecular formula is C11H15NO3. The molecule has 0 aliphatic heterocycles. The van der Waals surface area contributed by atoms with Gasteiger partial charge in [0.2, 0.25) is 0 Å². The van der Waals surface area contributed by atoms with Crippen molar-refractivity contribution in [1.29, 1.82) is 0 Å². The van der Waals surface area contributed by atoms with E-state index in [1.807, 2.05) is 0 Å². The molecular weight excluding hydrogens is 194 g/mol. The molecule has 0 spiro atoms. The Kier molecular flexibility index (Phi) is 2.52. The smallest absolute Gasteiger partial charge is 0.287 e. The number of carbonyl (C=O) groups is 1. The van der Waals surface area contributed by atoms with Crippen LogP contribution >= 0.6 is 0 Å². The highest BCUT2D eigenvalue weighted by molar-refractivity contribution is 5.91. The molecule has 1 fully saturated rings. The van der Waals surface area contributed by atoms with Crippen molar-refractivity contribution in [2.24, 2.45) is 0 Å². The van der Waals surface area contributed by atoms with E-state index in [9.17, 15) is 9.90 Å². The van der Waals surface area contributed by atoms with Crippen LogP contribution in [0, 0.1) is 6.92 Å². The summed E-state index contributed by atoms with van der Waals surface area (Å²) in [7, 11) is 0. The van der Waals surface area contributed by atoms with Gasteiger partial charge in [-0.1, -0.05) is 0 Å². The van der Waals surface area contributed by atoms with E-state index in [2.05, 4.69) is 5.32 Å². The molecule has 0 saturated heterocycles. The van der Waals surface area contributed by atoms with Crippen LogP contribution in [0.4, 0.5) is 0 Å². The standard InChI is InChI=1S/C11H15NO3/c1-8-3-4-9(15-8)10(13)12-7-11(14)5-2-6-11/h3-4,14H,2,5-7H2,1H3,(H,12,13). The Balaban J connectivity index is 1.87. The normalized spacial score (nSPS) is 18.3. The SMILES string of the molecule is Cc1ccc(C(=O)NCC2(O)CCC2)o1. The number of rotatable bonds is 3. The Morgan fingerprint density at radius 2 is 2.33 bits per heavy atom. The van der Waals surface area contributed by atoms with E-state index in [-0.39, 0.29) is 5.91 Å². The van der Waals surface area contributed by atoms with E-state index in [4.69, 9.17) is 4.42 Å². The van der Waals surface area contributed by atoms with Gasteiger partial charge in [-0.15, -0.1) is 0 Å². The van der Waals surface area contributed by atoms with Crippen LogP contribution in [0.25, 0.3) is 0 Å². The molecule has 0 bridgehead atoms. The molecule has 1 aromatic rings. The van der Waals surface area contributed by atoms with E-state index in [1.165, 1.54) is 0 Å². The second-order valence-corrected chi connectivity index (χ2v) is 4.17. The van der Waals surface area contributed by atoms with Gasteiger partial charge >= 0.3 is 0 Å². The van der Waals surface area contributed by atoms with Crippen LogP contribution in [-0.4, -0.2) is 23.2 Å². The highest BCUT2D eigenvalue weighted by Gasteiger charge is 2.34. The number of hydrogen-bond acceptors (Lipinski definition) is 3. The monoisotopic (exact) mass is 209 g/mol. The topological polar surface area (TPSA) is 62.5 Å². The van der Waals surface area contributed by atoms with Crippen molar-refractivity contribution in [3.63, 3.8) is 0 Å². The first-order valence-corrected chi connectivity index (χ1v) is 5.16. The average molecular weight is 209 g/mol. The molecule has 0 atom stereocenters. The van der Waals surface area contributed by atoms with Gasteiger partial charge in [0.25, 0.3) is 5.91 Å². The summed E-state index contributed by atoms with van der Waals surface area (Å²) in [6.07, 6.45) is 2.57. The summed E-state index contributed by atoms with van der Waals surface area (Å²) >= 11 is 0. The van der Waals surface area contributed by atoms with Crippen LogP contribution in [0.15, 0.2) is 16.5 Å². The summed E-state index contributed by atoms with van der Waals surface area (Å²) in [5.41, 5.74) is -0.683. The first-order chi connectivity index (χ1) is 7.09. The Morgan fingerprint density at radius 1 is 1.60 bits per heavy atom. The van der Waals surface area contributed by atoms with E-state index in [1.54, 1.807) is 19.1 Å². The zero-order valence-electron chi connectivity index (χ0n) is 8.75. The number of furan rings is 1. The van der Waals surface area contributed by atoms with E-state index in [0.29, 0.717) is 18.1 Å². The molecule has 1 amide bonds. The van der Waals surface area contributed by atoms with Crippen molar-refractivity contribution in [2.75, 3.05) is 6.54 Å². The third kappa shape index (κ3) is 2.21. The molecule has 4 nitrogen and oxygen atoms in total. The number of aliphatic hydroxyl groups is 1. The summed E-state index contributed by atoms with van der Waals surface area (Å²) in [5.74, 6) is 0.751. The number of nitrogens with one attached hydrogen (secondary N) is 1. The van der Waals surface area contributed by atoms with Gasteiger partial charge in [-0.3, -0.25) is 4.79 Å². The van der Waals surface area contributed by atoms with Crippen molar-refractivity contribution >= 4 is 5.91 Å². The molecule has 1 aliphatic rings. The van der Waals surface area contributed by atoms with Crippen molar-refractivity contribution in [3.05, 3.63) is 23.7 Å². The molecule has 0 unspecified atom stereocenters. The van der Waals surface area contributed by atoms with Crippen LogP contribution in [0.5, 0.6) is 0 Å². The predicted molar refractivity (Wildman–Crippen MR) is 54.6 cm³/mol. The quantitative estimate of drug-likeness (QED) is 0.787. The van der Waals surface area contributed by atoms with Crippen molar-refractivity contribution in [2.45, 2.75) is 31.8 Å². The van der Waals surface area contributed by atoms with Gasteiger partial charge in [0, 0.05) is 6.54 Å². The van der Waals surface area contributed by atoms with Crippen molar-refractivity contribution in [1.82, 2.24) is 5.32 Å². The molecule has 4 heteroatoms. The van der Waals surface area contributed by atoms with Crippen LogP contribution in [0.1, 0.15) is 35.6 Å². The number of aryl methyl sites for hydroxylation is 1. The van der Waals surface area contributed by atoms with Gasteiger partial charge in [-0.25, -0.2) is 0 Å². The second-order valence-electron chi connectivity index (χ2n) is 4.17. The van der Waals surface area contributed by atoms with E-state index < -0.39 is 5.60 Å². The number of carbonyl (C=O) groups excluding carboxylic acids is 1. The molecule has 2 N–H and O–H groups in total. The third-order valence-corrected chi connectivity index (χ3v) is 2.83. The Hall–Kier alpha value is -1.29. The van der Waals surface area contributed by atoms with Gasteiger partial charge in [0.1, 0.15) is 5.76 Å². The van der Waals surface area contributed by atoms with Gasteiger partial charge < -0.3 is 14.8 Å². The fraction of sp³-hybridized carbons (Fsp3) is 0.545. The molecule has 1 saturated carbocycles. The first-order valence-electron chi connectivity index (χ1n) is 5.16. The minimum absolute atomic E-state index is 0.261. The summed E-state index contributed by atoms with van der Waals surface area (Å²) in [4.78, 5) is 11.5. The zero-order valence-corrected chi connectivity index (χ0v) is 8.75. The highest BCUT2D eigenvalue weighted by Crippen LogP contribution is 2.30. The second kappa shape index (κ2) is 3.70. The Morgan fingerprint density at radius 3 is 2.80 bits per heavy atom. The van der Waals surface area contributed by atoms with Crippen LogP contribution in [0.2, 0.25) is 0 Å². The largest absolute Gasteiger partial charge is 0.456 e. The first kappa shape index (κ1) is 10.2. The van der Waals surface area contributed by atoms with Gasteiger partial charge in [-0.2, -0.15) is 0 Å². The number of amides is 1. The van der Waals surface area contributed by atoms with Gasteiger partial charge in [0.15, 0.2) is 5.76 Å². The molecule has 1 heterocycles. The zero-order chi connectivity index (χ0) is 10.9. The lowest BCUT2D eigenvalue weighted by molar-refractivity contribution is -0.0302. The lowest BCUT2D eigenvalue weighted by atomic mass is 9.80. The van der Waals surface area contributed by atoms with Crippen LogP contribution < -0.4 is 5.32 Å². The van der Waals surface area contributed by atoms with Crippen LogP contribution in [-0.2, 0) is 0 Å². The summed E-state index contributed by atoms with van der Waals surface area (Å²) in [6, 6.07) is 3.38. The molecule has 1 aliphatic carbocycles. The van der Waals surface area contributed by atoms with E-state index in [0.717, 1.165) is 19.3 Å². The van der Waals surface area contributed by atoms with Crippen LogP contribution in [0.3, 0.4) is 0 Å². The highest BCUT2D eigenvalue weighted by atomic mass is 16.3. The Labute approximate surface area is 88.3 Å². The summed E-state index contributed by atoms with van der Waals surface area (Å²) in [5, 5.41) is 12.4. The lowest BCUT2D eigenvalue weighted by Gasteiger charge is -2.36. The minimum atomic E-state index is -0.683. The predicted octanol–water partition coefficient (Wildman–Crippen LogP) is 1.23. The lowest BCUT2D eigenvalue weighted by Crippen LogP contribution is -2.47. The maximum absolute atomic E-state index is 11.5. The van der Waals surface area contributed by atoms with E-state index >= 15 is 0 Å². The average Bonchev–Trinajstić information content (AvgIpc) is 2.58. The van der Waals surface area contributed by atoms with Crippen molar-refractivity contribution in [3.8, 4) is 0 Å². The summed E-state index contributed by atoms with van der Waals surface area (Å²) < 4.78 is 5.17. The Bertz CT molecular complexity index is 366. The molecule has 1 aromatic heterocycles. The maximum Gasteiger partial charge on any atom is 0.287 e. The fourth-order valence-electron chi connectivity index (χ4n) is 1.65. The molecule has 2 rings (SSSR count). The molecule has 0 aromatic carbocycles. The van der Waals surface area contributed by atoms with Gasteiger partial charge in [0.05, 0.1) is 5.60 Å². The number of hydrogen-bond donors (Lipinski definition) is 2. The fourth-order valence-corrected chi connectivity index (χ4v) is 1.65. The third-order valence-electron chi connectivity index (χ3n) is 2.83. The molecule has 0 radical (unpaired) electrons.